The van der Waals surface area contributed by atoms with Crippen LogP contribution >= 0.6 is 0 Å². The van der Waals surface area contributed by atoms with E-state index >= 15 is 0 Å². The molecule has 0 amide bonds. The summed E-state index contributed by atoms with van der Waals surface area (Å²) in [5, 5.41) is 9.68. The van der Waals surface area contributed by atoms with Crippen LogP contribution in [0.5, 0.6) is 0 Å². The molecule has 1 unspecified atom stereocenters. The van der Waals surface area contributed by atoms with E-state index in [0.717, 1.165) is 5.57 Å². The lowest BCUT2D eigenvalue weighted by Gasteiger charge is -2.08. The summed E-state index contributed by atoms with van der Waals surface area (Å²) in [5.41, 5.74) is 1.78. The topological polar surface area (TPSA) is 20.2 Å². The third-order valence-corrected chi connectivity index (χ3v) is 1.98. The summed E-state index contributed by atoms with van der Waals surface area (Å²) in [5.74, 6) is -0.307. The molecule has 0 heterocycles. The Balaban J connectivity index is 2.69. The van der Waals surface area contributed by atoms with Gasteiger partial charge in [-0.05, 0) is 38.0 Å². The minimum absolute atomic E-state index is 0.307. The van der Waals surface area contributed by atoms with Crippen LogP contribution in [0, 0.1) is 5.82 Å². The van der Waals surface area contributed by atoms with Crippen molar-refractivity contribution in [3.05, 3.63) is 47.3 Å². The molecular formula is C12H15FO. The molecule has 14 heavy (non-hydrogen) atoms. The van der Waals surface area contributed by atoms with Crippen molar-refractivity contribution in [2.75, 3.05) is 0 Å². The average molecular weight is 194 g/mol. The summed E-state index contributed by atoms with van der Waals surface area (Å²) >= 11 is 0. The number of hydrogen-bond acceptors (Lipinski definition) is 1. The first-order valence-electron chi connectivity index (χ1n) is 4.66. The maximum Gasteiger partial charge on any atom is 0.123 e. The first-order chi connectivity index (χ1) is 6.59. The number of rotatable bonds is 3. The summed E-state index contributed by atoms with van der Waals surface area (Å²) < 4.78 is 12.8. The summed E-state index contributed by atoms with van der Waals surface area (Å²) in [4.78, 5) is 0. The molecular weight excluding hydrogens is 179 g/mol. The average Bonchev–Trinajstić information content (AvgIpc) is 2.14. The molecule has 1 atom stereocenters. The molecule has 1 rings (SSSR count). The van der Waals surface area contributed by atoms with Crippen LogP contribution in [0.15, 0.2) is 35.9 Å². The van der Waals surface area contributed by atoms with E-state index in [9.17, 15) is 9.50 Å². The molecule has 0 radical (unpaired) electrons. The minimum Gasteiger partial charge on any atom is -0.388 e. The fraction of sp³-hybridized carbons (Fsp3) is 0.333. The van der Waals surface area contributed by atoms with Gasteiger partial charge in [-0.2, -0.15) is 0 Å². The van der Waals surface area contributed by atoms with Crippen LogP contribution in [0.3, 0.4) is 0 Å². The van der Waals surface area contributed by atoms with Gasteiger partial charge in [-0.25, -0.2) is 4.39 Å². The van der Waals surface area contributed by atoms with Gasteiger partial charge in [-0.1, -0.05) is 23.8 Å². The molecule has 2 heteroatoms. The fourth-order valence-corrected chi connectivity index (χ4v) is 1.20. The maximum absolute atomic E-state index is 12.8. The predicted octanol–water partition coefficient (Wildman–Crippen LogP) is 3.22. The number of aliphatic hydroxyl groups is 1. The summed E-state index contributed by atoms with van der Waals surface area (Å²) in [7, 11) is 0. The Kier molecular flexibility index (Phi) is 3.84. The molecule has 0 saturated heterocycles. The van der Waals surface area contributed by atoms with E-state index in [1.165, 1.54) is 12.1 Å². The van der Waals surface area contributed by atoms with Gasteiger partial charge in [-0.15, -0.1) is 0 Å². The lowest BCUT2D eigenvalue weighted by Crippen LogP contribution is -1.96. The zero-order valence-electron chi connectivity index (χ0n) is 8.50. The highest BCUT2D eigenvalue weighted by molar-refractivity contribution is 5.19. The number of halogens is 1. The number of benzene rings is 1. The Morgan fingerprint density at radius 1 is 1.50 bits per heavy atom. The summed E-state index contributed by atoms with van der Waals surface area (Å²) in [6, 6.07) is 6.07. The van der Waals surface area contributed by atoms with Gasteiger partial charge < -0.3 is 5.11 Å². The van der Waals surface area contributed by atoms with E-state index < -0.39 is 6.10 Å². The first-order valence-corrected chi connectivity index (χ1v) is 4.66. The van der Waals surface area contributed by atoms with Crippen molar-refractivity contribution in [3.63, 3.8) is 0 Å². The summed E-state index contributed by atoms with van der Waals surface area (Å²) in [6.07, 6.45) is 1.86. The van der Waals surface area contributed by atoms with Crippen LogP contribution in [0.4, 0.5) is 4.39 Å². The van der Waals surface area contributed by atoms with Crippen LogP contribution in [0.25, 0.3) is 0 Å². The van der Waals surface area contributed by atoms with Gasteiger partial charge in [0, 0.05) is 0 Å². The standard InChI is InChI=1S/C12H15FO/c1-9(2)6-7-12(14)10-4-3-5-11(13)8-10/h3-6,8,12,14H,7H2,1-2H3. The third kappa shape index (κ3) is 3.30. The molecule has 0 spiro atoms. The highest BCUT2D eigenvalue weighted by Gasteiger charge is 2.05. The minimum atomic E-state index is -0.611. The van der Waals surface area contributed by atoms with Crippen LogP contribution < -0.4 is 0 Å². The molecule has 0 bridgehead atoms. The SMILES string of the molecule is CC(C)=CCC(O)c1cccc(F)c1. The predicted molar refractivity (Wildman–Crippen MR) is 55.4 cm³/mol. The second-order valence-corrected chi connectivity index (χ2v) is 3.59. The maximum atomic E-state index is 12.8. The van der Waals surface area contributed by atoms with Crippen molar-refractivity contribution < 1.29 is 9.50 Å². The van der Waals surface area contributed by atoms with E-state index in [1.54, 1.807) is 12.1 Å². The van der Waals surface area contributed by atoms with Gasteiger partial charge in [0.1, 0.15) is 5.82 Å². The lowest BCUT2D eigenvalue weighted by atomic mass is 10.1. The second kappa shape index (κ2) is 4.91. The van der Waals surface area contributed by atoms with Crippen LogP contribution in [0.1, 0.15) is 31.9 Å². The molecule has 1 aromatic carbocycles. The van der Waals surface area contributed by atoms with Crippen LogP contribution in [-0.2, 0) is 0 Å². The van der Waals surface area contributed by atoms with Gasteiger partial charge in [0.25, 0.3) is 0 Å². The monoisotopic (exact) mass is 194 g/mol. The van der Waals surface area contributed by atoms with Gasteiger partial charge in [-0.3, -0.25) is 0 Å². The third-order valence-electron chi connectivity index (χ3n) is 1.98. The fourth-order valence-electron chi connectivity index (χ4n) is 1.20. The molecule has 0 aliphatic rings. The number of hydrogen-bond donors (Lipinski definition) is 1. The van der Waals surface area contributed by atoms with Gasteiger partial charge in [0.05, 0.1) is 6.10 Å². The van der Waals surface area contributed by atoms with Crippen molar-refractivity contribution in [2.45, 2.75) is 26.4 Å². The Morgan fingerprint density at radius 2 is 2.21 bits per heavy atom. The quantitative estimate of drug-likeness (QED) is 0.732. The highest BCUT2D eigenvalue weighted by Crippen LogP contribution is 2.18. The number of aliphatic hydroxyl groups excluding tert-OH is 1. The zero-order chi connectivity index (χ0) is 10.6. The van der Waals surface area contributed by atoms with Gasteiger partial charge >= 0.3 is 0 Å². The second-order valence-electron chi connectivity index (χ2n) is 3.59. The van der Waals surface area contributed by atoms with Crippen molar-refractivity contribution in [3.8, 4) is 0 Å². The van der Waals surface area contributed by atoms with E-state index in [4.69, 9.17) is 0 Å². The van der Waals surface area contributed by atoms with Crippen molar-refractivity contribution in [1.29, 1.82) is 0 Å². The molecule has 0 fully saturated rings. The van der Waals surface area contributed by atoms with Crippen LogP contribution in [-0.4, -0.2) is 5.11 Å². The Morgan fingerprint density at radius 3 is 2.79 bits per heavy atom. The highest BCUT2D eigenvalue weighted by atomic mass is 19.1. The van der Waals surface area contributed by atoms with Gasteiger partial charge in [0.2, 0.25) is 0 Å². The molecule has 1 N–H and O–H groups in total. The van der Waals surface area contributed by atoms with Crippen LogP contribution in [0.2, 0.25) is 0 Å². The van der Waals surface area contributed by atoms with E-state index in [2.05, 4.69) is 0 Å². The smallest absolute Gasteiger partial charge is 0.123 e. The Hall–Kier alpha value is -1.15. The lowest BCUT2D eigenvalue weighted by molar-refractivity contribution is 0.181. The largest absolute Gasteiger partial charge is 0.388 e. The van der Waals surface area contributed by atoms with Crippen molar-refractivity contribution >= 4 is 0 Å². The van der Waals surface area contributed by atoms with E-state index in [0.29, 0.717) is 12.0 Å². The van der Waals surface area contributed by atoms with E-state index in [1.807, 2.05) is 19.9 Å². The summed E-state index contributed by atoms with van der Waals surface area (Å²) in [6.45, 7) is 3.94. The normalized spacial score (nSPS) is 12.3. The molecule has 0 aliphatic carbocycles. The molecule has 0 saturated carbocycles. The first kappa shape index (κ1) is 10.9. The van der Waals surface area contributed by atoms with E-state index in [-0.39, 0.29) is 5.82 Å². The Bertz CT molecular complexity index is 327. The molecule has 76 valence electrons. The van der Waals surface area contributed by atoms with Gasteiger partial charge in [0.15, 0.2) is 0 Å². The number of allylic oxidation sites excluding steroid dienone is 1. The molecule has 1 nitrogen and oxygen atoms in total. The van der Waals surface area contributed by atoms with Crippen molar-refractivity contribution in [2.24, 2.45) is 0 Å². The molecule has 0 aromatic heterocycles. The molecule has 0 aliphatic heterocycles. The molecule has 1 aromatic rings. The zero-order valence-corrected chi connectivity index (χ0v) is 8.50. The Labute approximate surface area is 83.9 Å². The van der Waals surface area contributed by atoms with Crippen molar-refractivity contribution in [1.82, 2.24) is 0 Å².